The maximum atomic E-state index is 12.7. The van der Waals surface area contributed by atoms with Crippen LogP contribution in [0.3, 0.4) is 0 Å². The van der Waals surface area contributed by atoms with Gasteiger partial charge in [0.15, 0.2) is 0 Å². The summed E-state index contributed by atoms with van der Waals surface area (Å²) in [4.78, 5) is 49.2. The van der Waals surface area contributed by atoms with E-state index in [0.29, 0.717) is 46.8 Å². The van der Waals surface area contributed by atoms with Crippen LogP contribution in [-0.2, 0) is 9.47 Å². The predicted molar refractivity (Wildman–Crippen MR) is 136 cm³/mol. The standard InChI is InChI=1S/C28H28N2O6/c1-3-16-35-27(33)19-8-12-23(13-9-19)29-25(31)21-6-5-7-22(18-21)26(32)30-24-14-10-20(11-15-24)28(34)36-17-4-2/h5-15,18H,3-4,16-17H2,1-2H3,(H,29,31)(H,30,32). The van der Waals surface area contributed by atoms with Crippen molar-refractivity contribution < 1.29 is 28.7 Å². The van der Waals surface area contributed by atoms with Gasteiger partial charge >= 0.3 is 11.9 Å². The monoisotopic (exact) mass is 488 g/mol. The summed E-state index contributed by atoms with van der Waals surface area (Å²) in [7, 11) is 0. The molecule has 0 unspecified atom stereocenters. The summed E-state index contributed by atoms with van der Waals surface area (Å²) >= 11 is 0. The van der Waals surface area contributed by atoms with Crippen molar-refractivity contribution in [3.63, 3.8) is 0 Å². The largest absolute Gasteiger partial charge is 0.462 e. The topological polar surface area (TPSA) is 111 Å². The Morgan fingerprint density at radius 3 is 1.33 bits per heavy atom. The van der Waals surface area contributed by atoms with Crippen LogP contribution < -0.4 is 10.6 Å². The summed E-state index contributed by atoms with van der Waals surface area (Å²) in [5.74, 6) is -1.64. The van der Waals surface area contributed by atoms with Crippen molar-refractivity contribution in [3.05, 3.63) is 95.1 Å². The molecule has 0 aromatic heterocycles. The lowest BCUT2D eigenvalue weighted by molar-refractivity contribution is 0.0496. The number of hydrogen-bond donors (Lipinski definition) is 2. The average molecular weight is 489 g/mol. The van der Waals surface area contributed by atoms with Gasteiger partial charge in [-0.25, -0.2) is 9.59 Å². The van der Waals surface area contributed by atoms with Crippen molar-refractivity contribution in [1.82, 2.24) is 0 Å². The first-order valence-corrected chi connectivity index (χ1v) is 11.7. The summed E-state index contributed by atoms with van der Waals surface area (Å²) in [6.45, 7) is 4.52. The first kappa shape index (κ1) is 26.2. The predicted octanol–water partition coefficient (Wildman–Crippen LogP) is 5.32. The van der Waals surface area contributed by atoms with E-state index in [-0.39, 0.29) is 0 Å². The van der Waals surface area contributed by atoms with Crippen LogP contribution in [0.4, 0.5) is 11.4 Å². The van der Waals surface area contributed by atoms with Crippen LogP contribution in [0.2, 0.25) is 0 Å². The highest BCUT2D eigenvalue weighted by molar-refractivity contribution is 6.09. The van der Waals surface area contributed by atoms with Gasteiger partial charge in [0.25, 0.3) is 11.8 Å². The molecule has 0 saturated carbocycles. The van der Waals surface area contributed by atoms with Gasteiger partial charge in [-0.15, -0.1) is 0 Å². The molecule has 3 aromatic carbocycles. The number of amides is 2. The molecule has 2 amide bonds. The number of carbonyl (C=O) groups is 4. The van der Waals surface area contributed by atoms with E-state index in [1.807, 2.05) is 13.8 Å². The lowest BCUT2D eigenvalue weighted by Gasteiger charge is -2.09. The highest BCUT2D eigenvalue weighted by Crippen LogP contribution is 2.16. The first-order valence-electron chi connectivity index (χ1n) is 11.7. The SMILES string of the molecule is CCCOC(=O)c1ccc(NC(=O)c2cccc(C(=O)Nc3ccc(C(=O)OCCC)cc3)c2)cc1. The fraction of sp³-hybridized carbons (Fsp3) is 0.214. The van der Waals surface area contributed by atoms with Crippen LogP contribution in [0, 0.1) is 0 Å². The number of hydrogen-bond acceptors (Lipinski definition) is 6. The molecule has 0 fully saturated rings. The molecule has 0 aliphatic rings. The Hall–Kier alpha value is -4.46. The molecule has 0 atom stereocenters. The number of rotatable bonds is 10. The Kier molecular flexibility index (Phi) is 9.33. The summed E-state index contributed by atoms with van der Waals surface area (Å²) in [6, 6.07) is 19.0. The molecule has 3 aromatic rings. The van der Waals surface area contributed by atoms with Gasteiger partial charge in [0.05, 0.1) is 24.3 Å². The number of nitrogens with one attached hydrogen (secondary N) is 2. The van der Waals surface area contributed by atoms with E-state index in [9.17, 15) is 19.2 Å². The minimum Gasteiger partial charge on any atom is -0.462 e. The van der Waals surface area contributed by atoms with E-state index in [4.69, 9.17) is 9.47 Å². The normalized spacial score (nSPS) is 10.3. The van der Waals surface area contributed by atoms with Crippen molar-refractivity contribution in [2.24, 2.45) is 0 Å². The lowest BCUT2D eigenvalue weighted by Crippen LogP contribution is -2.16. The minimum atomic E-state index is -0.417. The maximum absolute atomic E-state index is 12.7. The fourth-order valence-corrected chi connectivity index (χ4v) is 3.14. The molecule has 0 radical (unpaired) electrons. The zero-order valence-corrected chi connectivity index (χ0v) is 20.2. The number of ether oxygens (including phenoxy) is 2. The number of benzene rings is 3. The Balaban J connectivity index is 1.61. The van der Waals surface area contributed by atoms with E-state index >= 15 is 0 Å². The molecule has 186 valence electrons. The van der Waals surface area contributed by atoms with E-state index in [0.717, 1.165) is 12.8 Å². The second-order valence-corrected chi connectivity index (χ2v) is 7.92. The second kappa shape index (κ2) is 12.9. The molecule has 8 heteroatoms. The Morgan fingerprint density at radius 1 is 0.583 bits per heavy atom. The average Bonchev–Trinajstić information content (AvgIpc) is 2.91. The van der Waals surface area contributed by atoms with Gasteiger partial charge in [-0.2, -0.15) is 0 Å². The molecule has 2 N–H and O–H groups in total. The van der Waals surface area contributed by atoms with Gasteiger partial charge in [0.2, 0.25) is 0 Å². The van der Waals surface area contributed by atoms with Crippen LogP contribution in [0.15, 0.2) is 72.8 Å². The smallest absolute Gasteiger partial charge is 0.338 e. The number of carbonyl (C=O) groups excluding carboxylic acids is 4. The van der Waals surface area contributed by atoms with Crippen LogP contribution in [0.1, 0.15) is 68.1 Å². The van der Waals surface area contributed by atoms with E-state index in [2.05, 4.69) is 10.6 Å². The Morgan fingerprint density at radius 2 is 0.972 bits per heavy atom. The van der Waals surface area contributed by atoms with E-state index in [1.165, 1.54) is 6.07 Å². The third-order valence-corrected chi connectivity index (χ3v) is 5.02. The third kappa shape index (κ3) is 7.27. The first-order chi connectivity index (χ1) is 17.4. The fourth-order valence-electron chi connectivity index (χ4n) is 3.14. The molecule has 8 nitrogen and oxygen atoms in total. The zero-order valence-electron chi connectivity index (χ0n) is 20.2. The molecule has 0 heterocycles. The van der Waals surface area contributed by atoms with Gasteiger partial charge in [0, 0.05) is 22.5 Å². The second-order valence-electron chi connectivity index (χ2n) is 7.92. The minimum absolute atomic E-state index is 0.295. The highest BCUT2D eigenvalue weighted by atomic mass is 16.5. The van der Waals surface area contributed by atoms with Crippen LogP contribution in [0.5, 0.6) is 0 Å². The third-order valence-electron chi connectivity index (χ3n) is 5.02. The number of esters is 2. The lowest BCUT2D eigenvalue weighted by atomic mass is 10.1. The maximum Gasteiger partial charge on any atom is 0.338 e. The van der Waals surface area contributed by atoms with Gasteiger partial charge in [-0.1, -0.05) is 19.9 Å². The van der Waals surface area contributed by atoms with Crippen LogP contribution in [-0.4, -0.2) is 37.0 Å². The van der Waals surface area contributed by atoms with Crippen LogP contribution in [0.25, 0.3) is 0 Å². The van der Waals surface area contributed by atoms with Gasteiger partial charge < -0.3 is 20.1 Å². The van der Waals surface area contributed by atoms with Crippen molar-refractivity contribution >= 4 is 35.1 Å². The molecular weight excluding hydrogens is 460 g/mol. The molecule has 36 heavy (non-hydrogen) atoms. The van der Waals surface area contributed by atoms with E-state index in [1.54, 1.807) is 66.7 Å². The Labute approximate surface area is 209 Å². The molecular formula is C28H28N2O6. The molecule has 0 saturated heterocycles. The summed E-state index contributed by atoms with van der Waals surface area (Å²) in [5, 5.41) is 5.50. The summed E-state index contributed by atoms with van der Waals surface area (Å²) in [6.07, 6.45) is 1.47. The summed E-state index contributed by atoms with van der Waals surface area (Å²) in [5.41, 5.74) is 2.38. The number of anilines is 2. The van der Waals surface area contributed by atoms with Crippen LogP contribution >= 0.6 is 0 Å². The molecule has 0 bridgehead atoms. The van der Waals surface area contributed by atoms with Gasteiger partial charge in [-0.05, 0) is 79.6 Å². The van der Waals surface area contributed by atoms with Crippen molar-refractivity contribution in [2.75, 3.05) is 23.8 Å². The van der Waals surface area contributed by atoms with Gasteiger partial charge in [-0.3, -0.25) is 9.59 Å². The molecule has 3 rings (SSSR count). The highest BCUT2D eigenvalue weighted by Gasteiger charge is 2.13. The molecule has 0 aliphatic heterocycles. The van der Waals surface area contributed by atoms with Crippen molar-refractivity contribution in [3.8, 4) is 0 Å². The van der Waals surface area contributed by atoms with E-state index < -0.39 is 23.8 Å². The van der Waals surface area contributed by atoms with Crippen molar-refractivity contribution in [1.29, 1.82) is 0 Å². The molecule has 0 spiro atoms. The van der Waals surface area contributed by atoms with Gasteiger partial charge in [0.1, 0.15) is 0 Å². The summed E-state index contributed by atoms with van der Waals surface area (Å²) < 4.78 is 10.2. The zero-order chi connectivity index (χ0) is 25.9. The molecule has 0 aliphatic carbocycles. The Bertz CT molecular complexity index is 1130. The van der Waals surface area contributed by atoms with Crippen molar-refractivity contribution in [2.45, 2.75) is 26.7 Å². The quantitative estimate of drug-likeness (QED) is 0.374.